The molecule has 0 aromatic rings. The van der Waals surface area contributed by atoms with Crippen molar-refractivity contribution in [2.75, 3.05) is 0 Å². The van der Waals surface area contributed by atoms with Crippen LogP contribution in [0.5, 0.6) is 0 Å². The molecule has 0 nitrogen and oxygen atoms in total. The molecule has 0 unspecified atom stereocenters. The third-order valence-electron chi connectivity index (χ3n) is 7.97. The van der Waals surface area contributed by atoms with Crippen LogP contribution in [0.25, 0.3) is 0 Å². The van der Waals surface area contributed by atoms with Crippen LogP contribution in [0.1, 0.15) is 65.7 Å². The van der Waals surface area contributed by atoms with Crippen LogP contribution in [-0.4, -0.2) is 0 Å². The summed E-state index contributed by atoms with van der Waals surface area (Å²) in [7, 11) is 0. The lowest BCUT2D eigenvalue weighted by Crippen LogP contribution is -2.48. The molecule has 22 heavy (non-hydrogen) atoms. The van der Waals surface area contributed by atoms with Crippen LogP contribution in [0.4, 0.5) is 0 Å². The van der Waals surface area contributed by atoms with E-state index >= 15 is 0 Å². The van der Waals surface area contributed by atoms with Crippen LogP contribution >= 0.6 is 0 Å². The summed E-state index contributed by atoms with van der Waals surface area (Å²) < 4.78 is 0. The quantitative estimate of drug-likeness (QED) is 0.499. The van der Waals surface area contributed by atoms with E-state index in [1.165, 1.54) is 44.9 Å². The van der Waals surface area contributed by atoms with Crippen molar-refractivity contribution in [1.29, 1.82) is 0 Å². The lowest BCUT2D eigenvalue weighted by molar-refractivity contribution is -0.0273. The summed E-state index contributed by atoms with van der Waals surface area (Å²) in [5, 5.41) is 0. The van der Waals surface area contributed by atoms with Crippen molar-refractivity contribution in [2.45, 2.75) is 65.7 Å². The van der Waals surface area contributed by atoms with Crippen molar-refractivity contribution in [3.63, 3.8) is 0 Å². The zero-order chi connectivity index (χ0) is 15.4. The number of rotatable bonds is 0. The van der Waals surface area contributed by atoms with Gasteiger partial charge >= 0.3 is 0 Å². The number of allylic oxidation sites excluding steroid dienone is 4. The highest BCUT2D eigenvalue weighted by Gasteiger charge is 2.57. The van der Waals surface area contributed by atoms with E-state index in [2.05, 4.69) is 43.9 Å². The Balaban J connectivity index is 1.69. The van der Waals surface area contributed by atoms with Gasteiger partial charge in [0.1, 0.15) is 0 Å². The van der Waals surface area contributed by atoms with Gasteiger partial charge in [0, 0.05) is 5.92 Å². The summed E-state index contributed by atoms with van der Waals surface area (Å²) in [4.78, 5) is 0. The van der Waals surface area contributed by atoms with Gasteiger partial charge in [-0.3, -0.25) is 0 Å². The van der Waals surface area contributed by atoms with Gasteiger partial charge in [0.25, 0.3) is 0 Å². The lowest BCUT2D eigenvalue weighted by Gasteiger charge is -2.56. The highest BCUT2D eigenvalue weighted by Crippen LogP contribution is 2.65. The molecule has 2 fully saturated rings. The first-order chi connectivity index (χ1) is 10.6. The topological polar surface area (TPSA) is 0 Å². The molecule has 0 bridgehead atoms. The van der Waals surface area contributed by atoms with Gasteiger partial charge in [0.15, 0.2) is 0 Å². The molecule has 4 rings (SSSR count). The molecular weight excluding hydrogens is 264 g/mol. The Morgan fingerprint density at radius 1 is 1.09 bits per heavy atom. The van der Waals surface area contributed by atoms with Crippen LogP contribution in [0.2, 0.25) is 0 Å². The summed E-state index contributed by atoms with van der Waals surface area (Å²) >= 11 is 0. The molecule has 6 atom stereocenters. The SMILES string of the molecule is CC#C[C@H]1CC[C@H]2[C@@H]3CC=C4C=CCC[C@]4(C)[C@H]3CC[C@]12C. The number of hydrogen-bond acceptors (Lipinski definition) is 0. The minimum Gasteiger partial charge on any atom is -0.106 e. The van der Waals surface area contributed by atoms with Gasteiger partial charge in [-0.2, -0.15) is 0 Å². The van der Waals surface area contributed by atoms with Crippen molar-refractivity contribution in [1.82, 2.24) is 0 Å². The highest BCUT2D eigenvalue weighted by molar-refractivity contribution is 5.34. The van der Waals surface area contributed by atoms with E-state index in [0.29, 0.717) is 16.7 Å². The Bertz CT molecular complexity index is 583. The minimum absolute atomic E-state index is 0.466. The summed E-state index contributed by atoms with van der Waals surface area (Å²) in [6.07, 6.45) is 17.0. The van der Waals surface area contributed by atoms with Gasteiger partial charge in [0.05, 0.1) is 0 Å². The second-order valence-corrected chi connectivity index (χ2v) is 8.70. The molecule has 0 radical (unpaired) electrons. The van der Waals surface area contributed by atoms with E-state index in [-0.39, 0.29) is 0 Å². The molecule has 2 saturated carbocycles. The molecule has 0 amide bonds. The fraction of sp³-hybridized carbons (Fsp3) is 0.727. The van der Waals surface area contributed by atoms with Gasteiger partial charge in [-0.05, 0) is 86.0 Å². The summed E-state index contributed by atoms with van der Waals surface area (Å²) in [5.41, 5.74) is 2.62. The van der Waals surface area contributed by atoms with Crippen molar-refractivity contribution in [3.8, 4) is 11.8 Å². The van der Waals surface area contributed by atoms with Crippen LogP contribution < -0.4 is 0 Å². The first-order valence-electron chi connectivity index (χ1n) is 9.39. The molecule has 0 heteroatoms. The van der Waals surface area contributed by atoms with E-state index < -0.39 is 0 Å². The normalized spacial score (nSPS) is 49.3. The number of fused-ring (bicyclic) bond motifs is 5. The molecule has 0 aliphatic heterocycles. The largest absolute Gasteiger partial charge is 0.106 e. The second kappa shape index (κ2) is 5.02. The first-order valence-corrected chi connectivity index (χ1v) is 9.39. The van der Waals surface area contributed by atoms with E-state index in [0.717, 1.165) is 17.8 Å². The van der Waals surface area contributed by atoms with Crippen LogP contribution in [0.15, 0.2) is 23.8 Å². The van der Waals surface area contributed by atoms with Crippen LogP contribution in [0.3, 0.4) is 0 Å². The molecule has 0 spiro atoms. The Labute approximate surface area is 136 Å². The first kappa shape index (κ1) is 14.6. The molecule has 4 aliphatic rings. The minimum atomic E-state index is 0.466. The van der Waals surface area contributed by atoms with E-state index in [1.54, 1.807) is 5.57 Å². The van der Waals surface area contributed by atoms with E-state index in [9.17, 15) is 0 Å². The fourth-order valence-corrected chi connectivity index (χ4v) is 6.71. The van der Waals surface area contributed by atoms with Gasteiger partial charge in [-0.1, -0.05) is 38.0 Å². The van der Waals surface area contributed by atoms with Crippen molar-refractivity contribution in [3.05, 3.63) is 23.8 Å². The van der Waals surface area contributed by atoms with Crippen molar-refractivity contribution < 1.29 is 0 Å². The Kier molecular flexibility index (Phi) is 3.34. The third kappa shape index (κ3) is 1.84. The average molecular weight is 294 g/mol. The van der Waals surface area contributed by atoms with Crippen molar-refractivity contribution in [2.24, 2.45) is 34.5 Å². The molecular formula is C22H30. The summed E-state index contributed by atoms with van der Waals surface area (Å²) in [5.74, 6) is 10.2. The molecule has 0 aromatic carbocycles. The van der Waals surface area contributed by atoms with Crippen molar-refractivity contribution >= 4 is 0 Å². The molecule has 4 aliphatic carbocycles. The third-order valence-corrected chi connectivity index (χ3v) is 7.97. The van der Waals surface area contributed by atoms with E-state index in [1.807, 2.05) is 6.92 Å². The summed E-state index contributed by atoms with van der Waals surface area (Å²) in [6, 6.07) is 0. The molecule has 0 aromatic heterocycles. The Hall–Kier alpha value is -0.960. The maximum atomic E-state index is 3.57. The zero-order valence-electron chi connectivity index (χ0n) is 14.5. The highest BCUT2D eigenvalue weighted by atomic mass is 14.6. The molecule has 0 saturated heterocycles. The lowest BCUT2D eigenvalue weighted by atomic mass is 9.48. The predicted octanol–water partition coefficient (Wildman–Crippen LogP) is 5.75. The predicted molar refractivity (Wildman–Crippen MR) is 93.2 cm³/mol. The number of hydrogen-bond donors (Lipinski definition) is 0. The zero-order valence-corrected chi connectivity index (χ0v) is 14.5. The Morgan fingerprint density at radius 2 is 1.95 bits per heavy atom. The maximum Gasteiger partial charge on any atom is 0.0259 e. The Morgan fingerprint density at radius 3 is 2.77 bits per heavy atom. The average Bonchev–Trinajstić information content (AvgIpc) is 2.84. The molecule has 0 N–H and O–H groups in total. The van der Waals surface area contributed by atoms with Gasteiger partial charge in [-0.15, -0.1) is 5.92 Å². The molecule has 0 heterocycles. The van der Waals surface area contributed by atoms with E-state index in [4.69, 9.17) is 0 Å². The summed E-state index contributed by atoms with van der Waals surface area (Å²) in [6.45, 7) is 7.16. The monoisotopic (exact) mass is 294 g/mol. The fourth-order valence-electron chi connectivity index (χ4n) is 6.71. The van der Waals surface area contributed by atoms with Gasteiger partial charge in [-0.25, -0.2) is 0 Å². The van der Waals surface area contributed by atoms with Crippen LogP contribution in [-0.2, 0) is 0 Å². The van der Waals surface area contributed by atoms with Crippen LogP contribution in [0, 0.1) is 46.3 Å². The smallest absolute Gasteiger partial charge is 0.0259 e. The maximum absolute atomic E-state index is 3.57. The molecule has 118 valence electrons. The standard InChI is InChI=1S/C22H30/c1-4-7-16-10-12-19-18-11-9-17-8-5-6-14-21(17,2)20(18)13-15-22(16,19)3/h5,8-9,16,18-20H,6,10-15H2,1-3H3/t16-,18-,19-,20-,21-,22+/m0/s1. The second-order valence-electron chi connectivity index (χ2n) is 8.70. The van der Waals surface area contributed by atoms with Gasteiger partial charge < -0.3 is 0 Å². The van der Waals surface area contributed by atoms with Gasteiger partial charge in [0.2, 0.25) is 0 Å².